The van der Waals surface area contributed by atoms with Gasteiger partial charge in [-0.15, -0.1) is 0 Å². The second-order valence-corrected chi connectivity index (χ2v) is 14.7. The molecule has 1 amide bonds. The van der Waals surface area contributed by atoms with E-state index in [4.69, 9.17) is 4.74 Å². The minimum atomic E-state index is -1.47. The molecule has 48 heavy (non-hydrogen) atoms. The van der Waals surface area contributed by atoms with Gasteiger partial charge >= 0.3 is 0 Å². The van der Waals surface area contributed by atoms with Crippen LogP contribution in [0.4, 0.5) is 0 Å². The van der Waals surface area contributed by atoms with Crippen molar-refractivity contribution < 1.29 is 40.2 Å². The van der Waals surface area contributed by atoms with Gasteiger partial charge in [0.25, 0.3) is 0 Å². The van der Waals surface area contributed by atoms with Crippen LogP contribution in [0.3, 0.4) is 0 Å². The highest BCUT2D eigenvalue weighted by molar-refractivity contribution is 5.76. The van der Waals surface area contributed by atoms with Gasteiger partial charge in [-0.1, -0.05) is 155 Å². The summed E-state index contributed by atoms with van der Waals surface area (Å²) in [5.74, 6) is -0.202. The second kappa shape index (κ2) is 29.9. The Balaban J connectivity index is 2.00. The molecule has 1 heterocycles. The van der Waals surface area contributed by atoms with E-state index in [-0.39, 0.29) is 18.7 Å². The van der Waals surface area contributed by atoms with Gasteiger partial charge in [0.05, 0.1) is 31.0 Å². The summed E-state index contributed by atoms with van der Waals surface area (Å²) in [7, 11) is 0. The summed E-state index contributed by atoms with van der Waals surface area (Å²) in [5.41, 5.74) is 0. The fourth-order valence-electron chi connectivity index (χ4n) is 6.95. The van der Waals surface area contributed by atoms with Crippen LogP contribution in [-0.4, -0.2) is 91.9 Å². The Morgan fingerprint density at radius 1 is 0.604 bits per heavy atom. The van der Waals surface area contributed by atoms with Crippen LogP contribution in [0.1, 0.15) is 187 Å². The molecule has 2 unspecified atom stereocenters. The topological polar surface area (TPSA) is 160 Å². The van der Waals surface area contributed by atoms with Crippen molar-refractivity contribution in [3.63, 3.8) is 0 Å². The SMILES string of the molecule is CCCCCCCCCCCCCCCCCCCCCCCCCCC(=O)N[C@@H](CC[C@@H]1OC(CO)[C@H](O)[C@H](O)C1O)[C@H](O)[C@@H](C)O. The molecule has 1 fully saturated rings. The maximum absolute atomic E-state index is 12.6. The summed E-state index contributed by atoms with van der Waals surface area (Å²) < 4.78 is 5.54. The molecule has 0 aromatic rings. The number of unbranched alkanes of at least 4 members (excludes halogenated alkanes) is 23. The van der Waals surface area contributed by atoms with Gasteiger partial charge in [0.2, 0.25) is 5.91 Å². The van der Waals surface area contributed by atoms with Crippen molar-refractivity contribution in [1.29, 1.82) is 0 Å². The molecule has 1 saturated heterocycles. The predicted molar refractivity (Wildman–Crippen MR) is 194 cm³/mol. The molecule has 9 heteroatoms. The van der Waals surface area contributed by atoms with Crippen molar-refractivity contribution >= 4 is 5.91 Å². The molecular weight excluding hydrogens is 610 g/mol. The highest BCUT2D eigenvalue weighted by Crippen LogP contribution is 2.25. The molecule has 7 N–H and O–H groups in total. The average molecular weight is 688 g/mol. The fourth-order valence-corrected chi connectivity index (χ4v) is 6.95. The van der Waals surface area contributed by atoms with Crippen molar-refractivity contribution in [2.24, 2.45) is 0 Å². The van der Waals surface area contributed by atoms with E-state index < -0.39 is 55.4 Å². The highest BCUT2D eigenvalue weighted by atomic mass is 16.5. The van der Waals surface area contributed by atoms with Gasteiger partial charge in [0.1, 0.15) is 24.4 Å². The van der Waals surface area contributed by atoms with Gasteiger partial charge in [-0.3, -0.25) is 4.79 Å². The van der Waals surface area contributed by atoms with Crippen LogP contribution in [0.2, 0.25) is 0 Å². The molecule has 0 bridgehead atoms. The Kier molecular flexibility index (Phi) is 28.1. The molecule has 0 radical (unpaired) electrons. The number of aliphatic hydroxyl groups is 6. The Labute approximate surface area is 293 Å². The Bertz CT molecular complexity index is 739. The third-order valence-corrected chi connectivity index (χ3v) is 10.3. The van der Waals surface area contributed by atoms with Gasteiger partial charge in [0, 0.05) is 6.42 Å². The van der Waals surface area contributed by atoms with Crippen molar-refractivity contribution in [2.75, 3.05) is 6.61 Å². The smallest absolute Gasteiger partial charge is 0.220 e. The number of hydrogen-bond acceptors (Lipinski definition) is 8. The van der Waals surface area contributed by atoms with Crippen LogP contribution in [0, 0.1) is 0 Å². The number of nitrogens with one attached hydrogen (secondary N) is 1. The van der Waals surface area contributed by atoms with E-state index in [1.54, 1.807) is 0 Å². The Morgan fingerprint density at radius 3 is 1.35 bits per heavy atom. The summed E-state index contributed by atoms with van der Waals surface area (Å²) in [6.45, 7) is 3.21. The Morgan fingerprint density at radius 2 is 0.979 bits per heavy atom. The monoisotopic (exact) mass is 688 g/mol. The normalized spacial score (nSPS) is 23.2. The lowest BCUT2D eigenvalue weighted by Gasteiger charge is -2.40. The summed E-state index contributed by atoms with van der Waals surface area (Å²) >= 11 is 0. The standard InChI is InChI=1S/C39H77NO8/c1-3-4-5-6-7-8-9-10-11-12-13-14-15-16-17-18-19-20-21-22-23-24-25-26-27-35(43)40-32(36(44)31(2)42)28-29-33-37(45)39(47)38(46)34(30-41)48-33/h31-34,36-39,41-42,44-47H,3-30H2,1-2H3,(H,40,43)/t31-,32+,33+,34?,36-,37?,38+,39-/m1/s1. The fraction of sp³-hybridized carbons (Fsp3) is 0.974. The van der Waals surface area contributed by atoms with Gasteiger partial charge < -0.3 is 40.7 Å². The molecule has 0 saturated carbocycles. The lowest BCUT2D eigenvalue weighted by atomic mass is 9.90. The van der Waals surface area contributed by atoms with Gasteiger partial charge in [-0.05, 0) is 26.2 Å². The lowest BCUT2D eigenvalue weighted by molar-refractivity contribution is -0.231. The van der Waals surface area contributed by atoms with Crippen LogP contribution >= 0.6 is 0 Å². The van der Waals surface area contributed by atoms with Crippen molar-refractivity contribution in [2.45, 2.75) is 236 Å². The number of hydrogen-bond donors (Lipinski definition) is 7. The summed E-state index contributed by atoms with van der Waals surface area (Å²) in [5, 5.41) is 62.9. The van der Waals surface area contributed by atoms with Crippen LogP contribution in [-0.2, 0) is 9.53 Å². The molecule has 0 aliphatic carbocycles. The first-order valence-electron chi connectivity index (χ1n) is 20.2. The van der Waals surface area contributed by atoms with Crippen molar-refractivity contribution in [3.8, 4) is 0 Å². The average Bonchev–Trinajstić information content (AvgIpc) is 3.07. The number of rotatable bonds is 32. The second-order valence-electron chi connectivity index (χ2n) is 14.7. The van der Waals surface area contributed by atoms with E-state index in [9.17, 15) is 35.4 Å². The van der Waals surface area contributed by atoms with Crippen LogP contribution in [0.15, 0.2) is 0 Å². The summed E-state index contributed by atoms with van der Waals surface area (Å²) in [4.78, 5) is 12.6. The van der Waals surface area contributed by atoms with E-state index in [0.29, 0.717) is 6.42 Å². The summed E-state index contributed by atoms with van der Waals surface area (Å²) in [6.07, 6.45) is 24.0. The third-order valence-electron chi connectivity index (χ3n) is 10.3. The minimum Gasteiger partial charge on any atom is -0.394 e. The summed E-state index contributed by atoms with van der Waals surface area (Å²) in [6, 6.07) is -0.765. The number of carbonyl (C=O) groups excluding carboxylic acids is 1. The van der Waals surface area contributed by atoms with Gasteiger partial charge in [-0.2, -0.15) is 0 Å². The lowest BCUT2D eigenvalue weighted by Crippen LogP contribution is -2.58. The maximum Gasteiger partial charge on any atom is 0.220 e. The van der Waals surface area contributed by atoms with E-state index in [2.05, 4.69) is 12.2 Å². The highest BCUT2D eigenvalue weighted by Gasteiger charge is 2.43. The Hall–Kier alpha value is -0.810. The van der Waals surface area contributed by atoms with Gasteiger partial charge in [-0.25, -0.2) is 0 Å². The van der Waals surface area contributed by atoms with E-state index in [1.165, 1.54) is 142 Å². The third kappa shape index (κ3) is 21.4. The molecule has 1 aliphatic rings. The van der Waals surface area contributed by atoms with Crippen LogP contribution in [0.5, 0.6) is 0 Å². The number of amides is 1. The molecule has 1 rings (SSSR count). The first-order chi connectivity index (χ1) is 23.2. The zero-order chi connectivity index (χ0) is 35.4. The first kappa shape index (κ1) is 45.2. The zero-order valence-corrected chi connectivity index (χ0v) is 30.9. The molecule has 0 spiro atoms. The molecule has 0 aromatic carbocycles. The van der Waals surface area contributed by atoms with E-state index in [1.807, 2.05) is 0 Å². The van der Waals surface area contributed by atoms with Crippen molar-refractivity contribution in [1.82, 2.24) is 5.32 Å². The molecule has 1 aliphatic heterocycles. The van der Waals surface area contributed by atoms with Crippen molar-refractivity contribution in [3.05, 3.63) is 0 Å². The predicted octanol–water partition coefficient (Wildman–Crippen LogP) is 6.61. The quantitative estimate of drug-likeness (QED) is 0.0389. The minimum absolute atomic E-state index is 0.148. The molecule has 8 atom stereocenters. The molecule has 0 aromatic heterocycles. The number of ether oxygens (including phenoxy) is 1. The zero-order valence-electron chi connectivity index (χ0n) is 30.9. The molecule has 286 valence electrons. The number of carbonyl (C=O) groups is 1. The van der Waals surface area contributed by atoms with E-state index in [0.717, 1.165) is 19.3 Å². The van der Waals surface area contributed by atoms with E-state index >= 15 is 0 Å². The largest absolute Gasteiger partial charge is 0.394 e. The molecule has 9 nitrogen and oxygen atoms in total. The molecular formula is C39H77NO8. The van der Waals surface area contributed by atoms with Crippen LogP contribution < -0.4 is 5.32 Å². The number of aliphatic hydroxyl groups excluding tert-OH is 6. The van der Waals surface area contributed by atoms with Crippen LogP contribution in [0.25, 0.3) is 0 Å². The first-order valence-corrected chi connectivity index (χ1v) is 20.2. The maximum atomic E-state index is 12.6. The van der Waals surface area contributed by atoms with Gasteiger partial charge in [0.15, 0.2) is 0 Å².